The third-order valence-corrected chi connectivity index (χ3v) is 4.72. The minimum atomic E-state index is -0.0920. The standard InChI is InChI=1S/C19H29N3O2.HI/c1-14-6-5-7-17(12-14)15(2)13-21-19(20-3)22-10-8-16(9-11-22)18(23)24-4;/h5-7,12,15-16H,8-11,13H2,1-4H3,(H,20,21);1H. The predicted molar refractivity (Wildman–Crippen MR) is 113 cm³/mol. The Labute approximate surface area is 168 Å². The maximum Gasteiger partial charge on any atom is 0.308 e. The highest BCUT2D eigenvalue weighted by Gasteiger charge is 2.27. The molecule has 0 aliphatic carbocycles. The van der Waals surface area contributed by atoms with E-state index in [1.807, 2.05) is 7.05 Å². The zero-order valence-electron chi connectivity index (χ0n) is 15.6. The fourth-order valence-corrected chi connectivity index (χ4v) is 3.16. The van der Waals surface area contributed by atoms with E-state index < -0.39 is 0 Å². The van der Waals surface area contributed by atoms with Crippen molar-refractivity contribution in [3.05, 3.63) is 35.4 Å². The van der Waals surface area contributed by atoms with E-state index in [1.165, 1.54) is 18.2 Å². The molecule has 1 fully saturated rings. The third kappa shape index (κ3) is 6.17. The molecule has 1 saturated heterocycles. The predicted octanol–water partition coefficient (Wildman–Crippen LogP) is 3.18. The smallest absolute Gasteiger partial charge is 0.308 e. The van der Waals surface area contributed by atoms with Crippen LogP contribution in [0.15, 0.2) is 29.3 Å². The zero-order valence-corrected chi connectivity index (χ0v) is 17.9. The van der Waals surface area contributed by atoms with Gasteiger partial charge in [-0.25, -0.2) is 0 Å². The summed E-state index contributed by atoms with van der Waals surface area (Å²) in [6.07, 6.45) is 1.64. The summed E-state index contributed by atoms with van der Waals surface area (Å²) in [4.78, 5) is 18.3. The fourth-order valence-electron chi connectivity index (χ4n) is 3.16. The van der Waals surface area contributed by atoms with Gasteiger partial charge in [-0.1, -0.05) is 36.8 Å². The highest BCUT2D eigenvalue weighted by Crippen LogP contribution is 2.19. The van der Waals surface area contributed by atoms with Crippen molar-refractivity contribution in [2.45, 2.75) is 32.6 Å². The molecule has 1 aliphatic heterocycles. The monoisotopic (exact) mass is 459 g/mol. The molecule has 25 heavy (non-hydrogen) atoms. The van der Waals surface area contributed by atoms with Crippen molar-refractivity contribution in [1.29, 1.82) is 0 Å². The van der Waals surface area contributed by atoms with Crippen molar-refractivity contribution in [3.63, 3.8) is 0 Å². The van der Waals surface area contributed by atoms with Gasteiger partial charge in [-0.05, 0) is 31.2 Å². The first-order valence-corrected chi connectivity index (χ1v) is 8.65. The Bertz CT molecular complexity index is 584. The second-order valence-corrected chi connectivity index (χ2v) is 6.53. The summed E-state index contributed by atoms with van der Waals surface area (Å²) in [6, 6.07) is 8.63. The number of halogens is 1. The third-order valence-electron chi connectivity index (χ3n) is 4.72. The largest absolute Gasteiger partial charge is 0.469 e. The van der Waals surface area contributed by atoms with E-state index in [0.29, 0.717) is 5.92 Å². The average Bonchev–Trinajstić information content (AvgIpc) is 2.62. The normalized spacial score (nSPS) is 16.8. The van der Waals surface area contributed by atoms with Crippen LogP contribution in [-0.4, -0.2) is 50.6 Å². The van der Waals surface area contributed by atoms with Crippen LogP contribution in [0.25, 0.3) is 0 Å². The molecule has 1 aliphatic rings. The number of aliphatic imine (C=N–C) groups is 1. The molecule has 1 aromatic carbocycles. The molecular weight excluding hydrogens is 429 g/mol. The molecule has 1 aromatic rings. The molecular formula is C19H30IN3O2. The number of hydrogen-bond acceptors (Lipinski definition) is 3. The van der Waals surface area contributed by atoms with Gasteiger partial charge in [0.05, 0.1) is 13.0 Å². The summed E-state index contributed by atoms with van der Waals surface area (Å²) < 4.78 is 4.85. The summed E-state index contributed by atoms with van der Waals surface area (Å²) >= 11 is 0. The lowest BCUT2D eigenvalue weighted by Gasteiger charge is -2.33. The number of nitrogens with zero attached hydrogens (tertiary/aromatic N) is 2. The van der Waals surface area contributed by atoms with Crippen molar-refractivity contribution in [1.82, 2.24) is 10.2 Å². The number of carbonyl (C=O) groups is 1. The number of methoxy groups -OCH3 is 1. The molecule has 140 valence electrons. The van der Waals surface area contributed by atoms with Crippen molar-refractivity contribution in [3.8, 4) is 0 Å². The summed E-state index contributed by atoms with van der Waals surface area (Å²) in [5.74, 6) is 1.26. The minimum Gasteiger partial charge on any atom is -0.469 e. The minimum absolute atomic E-state index is 0. The lowest BCUT2D eigenvalue weighted by molar-refractivity contribution is -0.146. The van der Waals surface area contributed by atoms with Crippen LogP contribution in [-0.2, 0) is 9.53 Å². The number of likely N-dealkylation sites (tertiary alicyclic amines) is 1. The van der Waals surface area contributed by atoms with Crippen LogP contribution in [0.1, 0.15) is 36.8 Å². The Hall–Kier alpha value is -1.31. The van der Waals surface area contributed by atoms with Gasteiger partial charge in [0, 0.05) is 26.7 Å². The van der Waals surface area contributed by atoms with Gasteiger partial charge in [0.25, 0.3) is 0 Å². The lowest BCUT2D eigenvalue weighted by atomic mass is 9.97. The molecule has 1 heterocycles. The first-order chi connectivity index (χ1) is 11.5. The Kier molecular flexibility index (Phi) is 9.24. The van der Waals surface area contributed by atoms with E-state index in [0.717, 1.165) is 38.4 Å². The van der Waals surface area contributed by atoms with Crippen LogP contribution in [0.3, 0.4) is 0 Å². The molecule has 6 heteroatoms. The molecule has 0 bridgehead atoms. The van der Waals surface area contributed by atoms with E-state index in [-0.39, 0.29) is 35.9 Å². The summed E-state index contributed by atoms with van der Waals surface area (Å²) in [7, 11) is 3.27. The number of carbonyl (C=O) groups excluding carboxylic acids is 1. The van der Waals surface area contributed by atoms with Crippen molar-refractivity contribution in [2.75, 3.05) is 33.8 Å². The molecule has 0 radical (unpaired) electrons. The fraction of sp³-hybridized carbons (Fsp3) is 0.579. The molecule has 1 unspecified atom stereocenters. The van der Waals surface area contributed by atoms with E-state index in [1.54, 1.807) is 0 Å². The summed E-state index contributed by atoms with van der Waals surface area (Å²) in [5, 5.41) is 3.47. The van der Waals surface area contributed by atoms with Crippen LogP contribution < -0.4 is 5.32 Å². The van der Waals surface area contributed by atoms with Gasteiger partial charge < -0.3 is 15.0 Å². The number of esters is 1. The van der Waals surface area contributed by atoms with Gasteiger partial charge in [0.1, 0.15) is 0 Å². The Morgan fingerprint density at radius 1 is 1.40 bits per heavy atom. The Morgan fingerprint density at radius 2 is 2.08 bits per heavy atom. The second-order valence-electron chi connectivity index (χ2n) is 6.53. The number of aryl methyl sites for hydroxylation is 1. The molecule has 0 aromatic heterocycles. The van der Waals surface area contributed by atoms with Crippen LogP contribution in [0.2, 0.25) is 0 Å². The number of benzene rings is 1. The van der Waals surface area contributed by atoms with Crippen molar-refractivity contribution in [2.24, 2.45) is 10.9 Å². The quantitative estimate of drug-likeness (QED) is 0.325. The van der Waals surface area contributed by atoms with Gasteiger partial charge in [-0.15, -0.1) is 24.0 Å². The highest BCUT2D eigenvalue weighted by molar-refractivity contribution is 14.0. The van der Waals surface area contributed by atoms with Crippen LogP contribution in [0.4, 0.5) is 0 Å². The number of rotatable bonds is 4. The number of hydrogen-bond donors (Lipinski definition) is 1. The van der Waals surface area contributed by atoms with Crippen molar-refractivity contribution >= 4 is 35.9 Å². The van der Waals surface area contributed by atoms with E-state index >= 15 is 0 Å². The van der Waals surface area contributed by atoms with Crippen molar-refractivity contribution < 1.29 is 9.53 Å². The van der Waals surface area contributed by atoms with Gasteiger partial charge in [0.15, 0.2) is 5.96 Å². The van der Waals surface area contributed by atoms with Crippen LogP contribution in [0, 0.1) is 12.8 Å². The maximum atomic E-state index is 11.6. The van der Waals surface area contributed by atoms with Crippen LogP contribution >= 0.6 is 24.0 Å². The van der Waals surface area contributed by atoms with Gasteiger partial charge in [-0.2, -0.15) is 0 Å². The number of piperidine rings is 1. The highest BCUT2D eigenvalue weighted by atomic mass is 127. The first-order valence-electron chi connectivity index (χ1n) is 8.65. The molecule has 0 saturated carbocycles. The number of nitrogens with one attached hydrogen (secondary N) is 1. The first kappa shape index (κ1) is 21.7. The average molecular weight is 459 g/mol. The van der Waals surface area contributed by atoms with E-state index in [2.05, 4.69) is 53.3 Å². The summed E-state index contributed by atoms with van der Waals surface area (Å²) in [6.45, 7) is 6.84. The van der Waals surface area contributed by atoms with E-state index in [9.17, 15) is 4.79 Å². The Balaban J connectivity index is 0.00000312. The molecule has 5 nitrogen and oxygen atoms in total. The van der Waals surface area contributed by atoms with E-state index in [4.69, 9.17) is 4.74 Å². The second kappa shape index (κ2) is 10.6. The molecule has 1 N–H and O–H groups in total. The van der Waals surface area contributed by atoms with Gasteiger partial charge >= 0.3 is 5.97 Å². The zero-order chi connectivity index (χ0) is 17.5. The topological polar surface area (TPSA) is 53.9 Å². The molecule has 2 rings (SSSR count). The maximum absolute atomic E-state index is 11.6. The number of ether oxygens (including phenoxy) is 1. The lowest BCUT2D eigenvalue weighted by Crippen LogP contribution is -2.47. The Morgan fingerprint density at radius 3 is 2.64 bits per heavy atom. The van der Waals surface area contributed by atoms with Gasteiger partial charge in [-0.3, -0.25) is 9.79 Å². The molecule has 0 amide bonds. The summed E-state index contributed by atoms with van der Waals surface area (Å²) in [5.41, 5.74) is 2.62. The number of guanidine groups is 1. The molecule has 1 atom stereocenters. The van der Waals surface area contributed by atoms with Gasteiger partial charge in [0.2, 0.25) is 0 Å². The van der Waals surface area contributed by atoms with Crippen LogP contribution in [0.5, 0.6) is 0 Å². The molecule has 0 spiro atoms. The SMILES string of the molecule is CN=C(NCC(C)c1cccc(C)c1)N1CCC(C(=O)OC)CC1.I.